The van der Waals surface area contributed by atoms with Crippen LogP contribution in [-0.4, -0.2) is 32.3 Å². The van der Waals surface area contributed by atoms with Crippen molar-refractivity contribution in [1.29, 1.82) is 0 Å². The van der Waals surface area contributed by atoms with Gasteiger partial charge in [-0.3, -0.25) is 4.79 Å². The molecule has 0 fully saturated rings. The minimum absolute atomic E-state index is 0.286. The molecule has 1 aromatic carbocycles. The number of rotatable bonds is 7. The van der Waals surface area contributed by atoms with E-state index >= 15 is 0 Å². The van der Waals surface area contributed by atoms with Crippen molar-refractivity contribution in [2.24, 2.45) is 5.73 Å². The Labute approximate surface area is 118 Å². The topological polar surface area (TPSA) is 73.6 Å². The van der Waals surface area contributed by atoms with Gasteiger partial charge in [-0.25, -0.2) is 4.39 Å². The average molecular weight is 284 g/mol. The number of ether oxygens (including phenoxy) is 2. The number of benzene rings is 1. The van der Waals surface area contributed by atoms with Crippen molar-refractivity contribution in [3.05, 3.63) is 29.6 Å². The van der Waals surface area contributed by atoms with Crippen molar-refractivity contribution < 1.29 is 18.7 Å². The maximum atomic E-state index is 13.3. The highest BCUT2D eigenvalue weighted by Crippen LogP contribution is 2.25. The van der Waals surface area contributed by atoms with E-state index in [4.69, 9.17) is 15.2 Å². The lowest BCUT2D eigenvalue weighted by Gasteiger charge is -2.18. The zero-order chi connectivity index (χ0) is 15.1. The Hall–Kier alpha value is -1.66. The van der Waals surface area contributed by atoms with Gasteiger partial charge in [-0.15, -0.1) is 0 Å². The van der Waals surface area contributed by atoms with Crippen LogP contribution in [0.25, 0.3) is 0 Å². The van der Waals surface area contributed by atoms with E-state index < -0.39 is 11.9 Å². The van der Waals surface area contributed by atoms with Crippen molar-refractivity contribution >= 4 is 5.91 Å². The van der Waals surface area contributed by atoms with Gasteiger partial charge in [0.2, 0.25) is 0 Å². The lowest BCUT2D eigenvalue weighted by Crippen LogP contribution is -2.38. The van der Waals surface area contributed by atoms with Gasteiger partial charge in [0.05, 0.1) is 6.61 Å². The van der Waals surface area contributed by atoms with E-state index in [1.54, 1.807) is 27.0 Å². The first-order valence-corrected chi connectivity index (χ1v) is 6.44. The van der Waals surface area contributed by atoms with Crippen LogP contribution < -0.4 is 15.8 Å². The number of methoxy groups -OCH3 is 1. The standard InChI is InChI=1S/C14H21FN2O3/c1-9(16)12-5-4-11(15)8-13(12)20-10(2)14(18)17-6-7-19-3/h4-5,8-10H,6-7,16H2,1-3H3,(H,17,18)/t9-,10?/m1/s1. The molecule has 3 N–H and O–H groups in total. The number of halogens is 1. The van der Waals surface area contributed by atoms with E-state index in [0.717, 1.165) is 0 Å². The summed E-state index contributed by atoms with van der Waals surface area (Å²) in [6.45, 7) is 4.18. The quantitative estimate of drug-likeness (QED) is 0.742. The zero-order valence-corrected chi connectivity index (χ0v) is 12.0. The van der Waals surface area contributed by atoms with Crippen molar-refractivity contribution in [1.82, 2.24) is 5.32 Å². The van der Waals surface area contributed by atoms with Crippen LogP contribution in [0.1, 0.15) is 25.5 Å². The van der Waals surface area contributed by atoms with E-state index in [-0.39, 0.29) is 17.7 Å². The van der Waals surface area contributed by atoms with Gasteiger partial charge in [-0.05, 0) is 19.9 Å². The minimum atomic E-state index is -0.744. The fourth-order valence-electron chi connectivity index (χ4n) is 1.65. The molecule has 0 saturated carbocycles. The van der Waals surface area contributed by atoms with Gasteiger partial charge < -0.3 is 20.5 Å². The first-order valence-electron chi connectivity index (χ1n) is 6.44. The Morgan fingerprint density at radius 3 is 2.75 bits per heavy atom. The number of hydrogen-bond donors (Lipinski definition) is 2. The number of nitrogens with one attached hydrogen (secondary N) is 1. The van der Waals surface area contributed by atoms with Gasteiger partial charge in [0, 0.05) is 31.3 Å². The smallest absolute Gasteiger partial charge is 0.260 e. The molecule has 0 bridgehead atoms. The van der Waals surface area contributed by atoms with E-state index in [9.17, 15) is 9.18 Å². The normalized spacial score (nSPS) is 13.7. The molecule has 0 radical (unpaired) electrons. The molecule has 0 aromatic heterocycles. The van der Waals surface area contributed by atoms with Gasteiger partial charge in [-0.1, -0.05) is 6.07 Å². The van der Waals surface area contributed by atoms with Crippen LogP contribution in [-0.2, 0) is 9.53 Å². The number of carbonyl (C=O) groups excluding carboxylic acids is 1. The second-order valence-corrected chi connectivity index (χ2v) is 4.51. The van der Waals surface area contributed by atoms with Crippen molar-refractivity contribution in [2.75, 3.05) is 20.3 Å². The SMILES string of the molecule is COCCNC(=O)C(C)Oc1cc(F)ccc1[C@@H](C)N. The molecule has 0 heterocycles. The molecule has 0 saturated heterocycles. The number of carbonyl (C=O) groups is 1. The molecular formula is C14H21FN2O3. The van der Waals surface area contributed by atoms with Crippen LogP contribution in [0, 0.1) is 5.82 Å². The van der Waals surface area contributed by atoms with E-state index in [2.05, 4.69) is 5.32 Å². The maximum Gasteiger partial charge on any atom is 0.260 e. The number of amides is 1. The molecule has 20 heavy (non-hydrogen) atoms. The molecule has 1 rings (SSSR count). The highest BCUT2D eigenvalue weighted by Gasteiger charge is 2.17. The summed E-state index contributed by atoms with van der Waals surface area (Å²) in [5.41, 5.74) is 6.45. The highest BCUT2D eigenvalue weighted by molar-refractivity contribution is 5.80. The van der Waals surface area contributed by atoms with Crippen LogP contribution in [0.2, 0.25) is 0 Å². The van der Waals surface area contributed by atoms with Crippen molar-refractivity contribution in [3.8, 4) is 5.75 Å². The first kappa shape index (κ1) is 16.4. The third-order valence-corrected chi connectivity index (χ3v) is 2.74. The van der Waals surface area contributed by atoms with Gasteiger partial charge in [0.25, 0.3) is 5.91 Å². The van der Waals surface area contributed by atoms with Gasteiger partial charge in [0.1, 0.15) is 11.6 Å². The molecule has 1 aromatic rings. The molecule has 0 aliphatic heterocycles. The van der Waals surface area contributed by atoms with Crippen LogP contribution in [0.3, 0.4) is 0 Å². The van der Waals surface area contributed by atoms with Crippen LogP contribution in [0.15, 0.2) is 18.2 Å². The second-order valence-electron chi connectivity index (χ2n) is 4.51. The monoisotopic (exact) mass is 284 g/mol. The summed E-state index contributed by atoms with van der Waals surface area (Å²) in [5.74, 6) is -0.437. The Morgan fingerprint density at radius 2 is 2.15 bits per heavy atom. The third-order valence-electron chi connectivity index (χ3n) is 2.74. The van der Waals surface area contributed by atoms with Gasteiger partial charge in [-0.2, -0.15) is 0 Å². The molecule has 6 heteroatoms. The fraction of sp³-hybridized carbons (Fsp3) is 0.500. The van der Waals surface area contributed by atoms with Crippen LogP contribution >= 0.6 is 0 Å². The summed E-state index contributed by atoms with van der Waals surface area (Å²) < 4.78 is 23.6. The molecular weight excluding hydrogens is 263 g/mol. The van der Waals surface area contributed by atoms with Crippen LogP contribution in [0.4, 0.5) is 4.39 Å². The summed E-state index contributed by atoms with van der Waals surface area (Å²) in [6, 6.07) is 3.80. The largest absolute Gasteiger partial charge is 0.480 e. The molecule has 112 valence electrons. The highest BCUT2D eigenvalue weighted by atomic mass is 19.1. The Kier molecular flexibility index (Phi) is 6.41. The Balaban J connectivity index is 2.71. The van der Waals surface area contributed by atoms with E-state index in [0.29, 0.717) is 18.7 Å². The molecule has 0 aliphatic carbocycles. The summed E-state index contributed by atoms with van der Waals surface area (Å²) in [5, 5.41) is 2.65. The summed E-state index contributed by atoms with van der Waals surface area (Å²) >= 11 is 0. The first-order chi connectivity index (χ1) is 9.45. The fourth-order valence-corrected chi connectivity index (χ4v) is 1.65. The van der Waals surface area contributed by atoms with Gasteiger partial charge >= 0.3 is 0 Å². The molecule has 0 aliphatic rings. The molecule has 5 nitrogen and oxygen atoms in total. The Morgan fingerprint density at radius 1 is 1.45 bits per heavy atom. The second kappa shape index (κ2) is 7.81. The minimum Gasteiger partial charge on any atom is -0.480 e. The number of hydrogen-bond acceptors (Lipinski definition) is 4. The number of nitrogens with two attached hydrogens (primary N) is 1. The molecule has 2 atom stereocenters. The summed E-state index contributed by atoms with van der Waals surface area (Å²) in [7, 11) is 1.55. The lowest BCUT2D eigenvalue weighted by atomic mass is 10.1. The summed E-state index contributed by atoms with van der Waals surface area (Å²) in [6.07, 6.45) is -0.744. The third kappa shape index (κ3) is 4.79. The average Bonchev–Trinajstić information content (AvgIpc) is 2.38. The summed E-state index contributed by atoms with van der Waals surface area (Å²) in [4.78, 5) is 11.8. The van der Waals surface area contributed by atoms with E-state index in [1.165, 1.54) is 12.1 Å². The molecule has 1 unspecified atom stereocenters. The van der Waals surface area contributed by atoms with Crippen molar-refractivity contribution in [2.45, 2.75) is 26.0 Å². The van der Waals surface area contributed by atoms with Crippen molar-refractivity contribution in [3.63, 3.8) is 0 Å². The van der Waals surface area contributed by atoms with Gasteiger partial charge in [0.15, 0.2) is 6.10 Å². The van der Waals surface area contributed by atoms with E-state index in [1.807, 2.05) is 0 Å². The van der Waals surface area contributed by atoms with Crippen LogP contribution in [0.5, 0.6) is 5.75 Å². The Bertz CT molecular complexity index is 452. The maximum absolute atomic E-state index is 13.3. The predicted octanol–water partition coefficient (Wildman–Crippen LogP) is 1.38. The lowest BCUT2D eigenvalue weighted by molar-refractivity contribution is -0.127. The zero-order valence-electron chi connectivity index (χ0n) is 12.0. The predicted molar refractivity (Wildman–Crippen MR) is 74.0 cm³/mol. The molecule has 0 spiro atoms. The molecule has 1 amide bonds.